The Morgan fingerprint density at radius 1 is 1.31 bits per heavy atom. The van der Waals surface area contributed by atoms with Crippen molar-refractivity contribution in [1.29, 1.82) is 0 Å². The van der Waals surface area contributed by atoms with E-state index in [-0.39, 0.29) is 21.8 Å². The van der Waals surface area contributed by atoms with Gasteiger partial charge in [-0.3, -0.25) is 25.0 Å². The van der Waals surface area contributed by atoms with Gasteiger partial charge in [0, 0.05) is 22.1 Å². The summed E-state index contributed by atoms with van der Waals surface area (Å²) in [5.74, 6) is -0.631. The van der Waals surface area contributed by atoms with Crippen LogP contribution in [0.3, 0.4) is 0 Å². The number of carbonyl (C=O) groups is 2. The standard InChI is InChI=1S/C22H26N4O4S2/c1-11-5-6-12(9-15(11)26(29)30)19(28)24-21(31)25-20-17(18(23)27)14-8-7-13(22(2,3)4)10-16(14)32-20/h5-6,9,13H,7-8,10H2,1-4H3,(H2,23,27)(H2,24,25,28,31)/t13-/m0/s1. The molecule has 10 heteroatoms. The number of thiophene rings is 1. The van der Waals surface area contributed by atoms with Gasteiger partial charge < -0.3 is 11.1 Å². The molecule has 1 heterocycles. The lowest BCUT2D eigenvalue weighted by molar-refractivity contribution is -0.385. The molecule has 1 aromatic carbocycles. The maximum absolute atomic E-state index is 12.5. The van der Waals surface area contributed by atoms with Crippen molar-refractivity contribution < 1.29 is 14.5 Å². The SMILES string of the molecule is Cc1ccc(C(=O)NC(=S)Nc2sc3c(c2C(N)=O)CC[C@H](C(C)(C)C)C3)cc1[N+](=O)[O-]. The zero-order valence-corrected chi connectivity index (χ0v) is 20.0. The van der Waals surface area contributed by atoms with Crippen LogP contribution in [0.5, 0.6) is 0 Å². The Bertz CT molecular complexity index is 1120. The van der Waals surface area contributed by atoms with E-state index in [9.17, 15) is 19.7 Å². The third-order valence-electron chi connectivity index (χ3n) is 5.86. The fourth-order valence-electron chi connectivity index (χ4n) is 3.93. The monoisotopic (exact) mass is 474 g/mol. The number of anilines is 1. The molecule has 1 aliphatic carbocycles. The van der Waals surface area contributed by atoms with Crippen LogP contribution in [0.1, 0.15) is 63.9 Å². The number of thiocarbonyl (C=S) groups is 1. The van der Waals surface area contributed by atoms with Crippen molar-refractivity contribution in [3.8, 4) is 0 Å². The molecule has 2 aromatic rings. The van der Waals surface area contributed by atoms with Crippen molar-refractivity contribution in [2.75, 3.05) is 5.32 Å². The summed E-state index contributed by atoms with van der Waals surface area (Å²) in [6.45, 7) is 8.24. The summed E-state index contributed by atoms with van der Waals surface area (Å²) < 4.78 is 0. The number of nitro benzene ring substituents is 1. The van der Waals surface area contributed by atoms with Gasteiger partial charge in [-0.25, -0.2) is 0 Å². The number of carbonyl (C=O) groups excluding carboxylic acids is 2. The van der Waals surface area contributed by atoms with Crippen molar-refractivity contribution in [2.45, 2.75) is 47.0 Å². The van der Waals surface area contributed by atoms with Gasteiger partial charge in [-0.05, 0) is 61.4 Å². The molecule has 2 amide bonds. The highest BCUT2D eigenvalue weighted by molar-refractivity contribution is 7.80. The Morgan fingerprint density at radius 2 is 2.00 bits per heavy atom. The van der Waals surface area contributed by atoms with Gasteiger partial charge in [0.25, 0.3) is 17.5 Å². The molecule has 1 aliphatic rings. The minimum atomic E-state index is -0.583. The minimum absolute atomic E-state index is 0.00769. The zero-order valence-electron chi connectivity index (χ0n) is 18.4. The lowest BCUT2D eigenvalue weighted by atomic mass is 9.72. The van der Waals surface area contributed by atoms with Crippen molar-refractivity contribution in [2.24, 2.45) is 17.1 Å². The molecule has 0 saturated heterocycles. The van der Waals surface area contributed by atoms with E-state index in [1.165, 1.54) is 29.5 Å². The summed E-state index contributed by atoms with van der Waals surface area (Å²) in [6.07, 6.45) is 2.60. The van der Waals surface area contributed by atoms with Crippen molar-refractivity contribution in [1.82, 2.24) is 5.32 Å². The molecule has 8 nitrogen and oxygen atoms in total. The van der Waals surface area contributed by atoms with E-state index in [0.29, 0.717) is 22.0 Å². The molecule has 0 fully saturated rings. The van der Waals surface area contributed by atoms with E-state index >= 15 is 0 Å². The second-order valence-corrected chi connectivity index (χ2v) is 10.6. The van der Waals surface area contributed by atoms with Crippen LogP contribution in [0.15, 0.2) is 18.2 Å². The normalized spacial score (nSPS) is 15.6. The van der Waals surface area contributed by atoms with Gasteiger partial charge in [-0.2, -0.15) is 0 Å². The van der Waals surface area contributed by atoms with Gasteiger partial charge in [0.2, 0.25) is 0 Å². The topological polar surface area (TPSA) is 127 Å². The molecule has 32 heavy (non-hydrogen) atoms. The highest BCUT2D eigenvalue weighted by Crippen LogP contribution is 2.44. The lowest BCUT2D eigenvalue weighted by Gasteiger charge is -2.33. The van der Waals surface area contributed by atoms with Crippen LogP contribution in [0.25, 0.3) is 0 Å². The average Bonchev–Trinajstić information content (AvgIpc) is 3.04. The molecule has 0 bridgehead atoms. The molecule has 1 atom stereocenters. The molecule has 0 radical (unpaired) electrons. The number of aryl methyl sites for hydroxylation is 1. The van der Waals surface area contributed by atoms with Crippen molar-refractivity contribution in [3.05, 3.63) is 55.4 Å². The maximum atomic E-state index is 12.5. The van der Waals surface area contributed by atoms with Crippen molar-refractivity contribution in [3.63, 3.8) is 0 Å². The molecule has 0 aliphatic heterocycles. The summed E-state index contributed by atoms with van der Waals surface area (Å²) in [4.78, 5) is 36.4. The minimum Gasteiger partial charge on any atom is -0.365 e. The number of nitro groups is 1. The number of benzene rings is 1. The largest absolute Gasteiger partial charge is 0.365 e. The number of fused-ring (bicyclic) bond motifs is 1. The summed E-state index contributed by atoms with van der Waals surface area (Å²) in [7, 11) is 0. The highest BCUT2D eigenvalue weighted by atomic mass is 32.1. The van der Waals surface area contributed by atoms with Crippen LogP contribution >= 0.6 is 23.6 Å². The summed E-state index contributed by atoms with van der Waals surface area (Å²) in [5, 5.41) is 17.1. The van der Waals surface area contributed by atoms with E-state index in [2.05, 4.69) is 31.4 Å². The van der Waals surface area contributed by atoms with Gasteiger partial charge in [0.15, 0.2) is 5.11 Å². The Kier molecular flexibility index (Phi) is 6.66. The number of hydrogen-bond donors (Lipinski definition) is 3. The predicted molar refractivity (Wildman–Crippen MR) is 129 cm³/mol. The fraction of sp³-hybridized carbons (Fsp3) is 0.409. The number of nitrogens with two attached hydrogens (primary N) is 1. The number of nitrogens with zero attached hydrogens (tertiary/aromatic N) is 1. The van der Waals surface area contributed by atoms with Crippen molar-refractivity contribution >= 4 is 51.2 Å². The van der Waals surface area contributed by atoms with E-state index in [0.717, 1.165) is 29.7 Å². The molecule has 170 valence electrons. The molecular weight excluding hydrogens is 448 g/mol. The molecule has 4 N–H and O–H groups in total. The summed E-state index contributed by atoms with van der Waals surface area (Å²) in [6, 6.07) is 4.21. The smallest absolute Gasteiger partial charge is 0.273 e. The first kappa shape index (κ1) is 23.8. The van der Waals surface area contributed by atoms with Gasteiger partial charge in [-0.1, -0.05) is 26.8 Å². The fourth-order valence-corrected chi connectivity index (χ4v) is 5.53. The van der Waals surface area contributed by atoms with Gasteiger partial charge in [-0.15, -0.1) is 11.3 Å². The Morgan fingerprint density at radius 3 is 2.59 bits per heavy atom. The molecule has 0 unspecified atom stereocenters. The Labute approximate surface area is 195 Å². The van der Waals surface area contributed by atoms with E-state index in [1.807, 2.05) is 0 Å². The number of primary amides is 1. The van der Waals surface area contributed by atoms with Gasteiger partial charge in [0.1, 0.15) is 5.00 Å². The van der Waals surface area contributed by atoms with Crippen LogP contribution in [0.4, 0.5) is 10.7 Å². The second kappa shape index (κ2) is 8.95. The highest BCUT2D eigenvalue weighted by Gasteiger charge is 2.33. The number of amides is 2. The second-order valence-electron chi connectivity index (χ2n) is 9.04. The third kappa shape index (κ3) is 4.97. The van der Waals surface area contributed by atoms with E-state index in [4.69, 9.17) is 18.0 Å². The first-order valence-corrected chi connectivity index (χ1v) is 11.4. The van der Waals surface area contributed by atoms with Gasteiger partial charge in [0.05, 0.1) is 10.5 Å². The average molecular weight is 475 g/mol. The van der Waals surface area contributed by atoms with E-state index in [1.54, 1.807) is 6.92 Å². The van der Waals surface area contributed by atoms with Crippen LogP contribution < -0.4 is 16.4 Å². The summed E-state index contributed by atoms with van der Waals surface area (Å²) >= 11 is 6.70. The number of hydrogen-bond acceptors (Lipinski definition) is 6. The molecule has 0 saturated carbocycles. The number of nitrogens with one attached hydrogen (secondary N) is 2. The zero-order chi connectivity index (χ0) is 23.8. The third-order valence-corrected chi connectivity index (χ3v) is 7.23. The first-order chi connectivity index (χ1) is 14.9. The number of rotatable bonds is 4. The lowest BCUT2D eigenvalue weighted by Crippen LogP contribution is -2.34. The predicted octanol–water partition coefficient (Wildman–Crippen LogP) is 4.34. The van der Waals surface area contributed by atoms with E-state index < -0.39 is 16.7 Å². The van der Waals surface area contributed by atoms with Crippen LogP contribution in [-0.2, 0) is 12.8 Å². The molecular formula is C22H26N4O4S2. The Balaban J connectivity index is 1.79. The van der Waals surface area contributed by atoms with Crippen LogP contribution in [0, 0.1) is 28.4 Å². The Hall–Kier alpha value is -2.85. The molecule has 0 spiro atoms. The maximum Gasteiger partial charge on any atom is 0.273 e. The molecule has 1 aromatic heterocycles. The van der Waals surface area contributed by atoms with Crippen LogP contribution in [0.2, 0.25) is 0 Å². The quantitative estimate of drug-likeness (QED) is 0.344. The first-order valence-electron chi connectivity index (χ1n) is 10.2. The van der Waals surface area contributed by atoms with Crippen LogP contribution in [-0.4, -0.2) is 21.9 Å². The van der Waals surface area contributed by atoms with Gasteiger partial charge >= 0.3 is 0 Å². The summed E-state index contributed by atoms with van der Waals surface area (Å²) in [5.41, 5.74) is 7.61. The molecule has 3 rings (SSSR count).